The van der Waals surface area contributed by atoms with Crippen molar-refractivity contribution in [1.82, 2.24) is 9.61 Å². The van der Waals surface area contributed by atoms with Gasteiger partial charge in [-0.1, -0.05) is 36.2 Å². The Balaban J connectivity index is 2.75. The molecule has 4 heteroatoms. The van der Waals surface area contributed by atoms with Gasteiger partial charge in [0, 0.05) is 5.56 Å². The van der Waals surface area contributed by atoms with E-state index in [1.54, 1.807) is 16.7 Å². The van der Waals surface area contributed by atoms with Crippen LogP contribution in [0.2, 0.25) is 5.15 Å². The summed E-state index contributed by atoms with van der Waals surface area (Å²) in [6.07, 6.45) is 1.72. The molecule has 0 saturated heterocycles. The largest absolute Gasteiger partial charge is 0.320 e. The van der Waals surface area contributed by atoms with Gasteiger partial charge in [0.1, 0.15) is 10.8 Å². The summed E-state index contributed by atoms with van der Waals surface area (Å²) >= 11 is 6.03. The van der Waals surface area contributed by atoms with Gasteiger partial charge in [0.2, 0.25) is 0 Å². The minimum atomic E-state index is 0.304. The standard InChI is InChI=1S/C12H10ClN3/c1-2-9-10(5-4-8-14)15-16-11(9)6-3-7-12(16)13/h2-3,6-7H,1,8,14H2. The molecule has 2 heterocycles. The molecule has 2 aromatic rings. The molecule has 0 aliphatic rings. The predicted molar refractivity (Wildman–Crippen MR) is 66.2 cm³/mol. The predicted octanol–water partition coefficient (Wildman–Crippen LogP) is 1.94. The van der Waals surface area contributed by atoms with Crippen molar-refractivity contribution in [3.05, 3.63) is 41.2 Å². The van der Waals surface area contributed by atoms with E-state index in [-0.39, 0.29) is 0 Å². The van der Waals surface area contributed by atoms with Gasteiger partial charge in [0.05, 0.1) is 12.1 Å². The van der Waals surface area contributed by atoms with Gasteiger partial charge in [-0.2, -0.15) is 5.10 Å². The normalized spacial score (nSPS) is 9.88. The van der Waals surface area contributed by atoms with Crippen LogP contribution < -0.4 is 5.73 Å². The third kappa shape index (κ3) is 1.69. The molecule has 2 N–H and O–H groups in total. The van der Waals surface area contributed by atoms with Gasteiger partial charge in [-0.3, -0.25) is 0 Å². The summed E-state index contributed by atoms with van der Waals surface area (Å²) in [6, 6.07) is 5.56. The number of nitrogens with zero attached hydrogens (tertiary/aromatic N) is 2. The van der Waals surface area contributed by atoms with Crippen molar-refractivity contribution in [2.24, 2.45) is 5.73 Å². The summed E-state index contributed by atoms with van der Waals surface area (Å²) in [5.74, 6) is 5.67. The van der Waals surface area contributed by atoms with Crippen LogP contribution >= 0.6 is 11.6 Å². The van der Waals surface area contributed by atoms with E-state index >= 15 is 0 Å². The van der Waals surface area contributed by atoms with Crippen LogP contribution in [0.4, 0.5) is 0 Å². The number of hydrogen-bond acceptors (Lipinski definition) is 2. The molecule has 80 valence electrons. The Kier molecular flexibility index (Phi) is 2.95. The van der Waals surface area contributed by atoms with E-state index in [0.29, 0.717) is 17.4 Å². The van der Waals surface area contributed by atoms with Crippen LogP contribution in [0.3, 0.4) is 0 Å². The summed E-state index contributed by atoms with van der Waals surface area (Å²) in [7, 11) is 0. The summed E-state index contributed by atoms with van der Waals surface area (Å²) in [5, 5.41) is 4.85. The lowest BCUT2D eigenvalue weighted by molar-refractivity contribution is 0.953. The van der Waals surface area contributed by atoms with Crippen LogP contribution in [0, 0.1) is 11.8 Å². The number of nitrogens with two attached hydrogens (primary N) is 1. The third-order valence-electron chi connectivity index (χ3n) is 2.16. The molecule has 0 aromatic carbocycles. The number of fused-ring (bicyclic) bond motifs is 1. The minimum Gasteiger partial charge on any atom is -0.320 e. The Labute approximate surface area is 98.5 Å². The molecule has 0 aliphatic heterocycles. The van der Waals surface area contributed by atoms with Crippen LogP contribution in [-0.2, 0) is 0 Å². The lowest BCUT2D eigenvalue weighted by Gasteiger charge is -1.94. The van der Waals surface area contributed by atoms with Gasteiger partial charge in [0.25, 0.3) is 0 Å². The number of rotatable bonds is 1. The molecule has 0 aliphatic carbocycles. The van der Waals surface area contributed by atoms with Gasteiger partial charge in [0.15, 0.2) is 0 Å². The highest BCUT2D eigenvalue weighted by atomic mass is 35.5. The first kappa shape index (κ1) is 10.7. The quantitative estimate of drug-likeness (QED) is 0.602. The average molecular weight is 232 g/mol. The van der Waals surface area contributed by atoms with Crippen molar-refractivity contribution < 1.29 is 0 Å². The molecule has 2 aromatic heterocycles. The smallest absolute Gasteiger partial charge is 0.143 e. The van der Waals surface area contributed by atoms with Crippen molar-refractivity contribution in [2.75, 3.05) is 6.54 Å². The Hall–Kier alpha value is -1.76. The van der Waals surface area contributed by atoms with Crippen molar-refractivity contribution in [1.29, 1.82) is 0 Å². The van der Waals surface area contributed by atoms with Crippen LogP contribution in [0.5, 0.6) is 0 Å². The monoisotopic (exact) mass is 231 g/mol. The molecule has 0 unspecified atom stereocenters. The van der Waals surface area contributed by atoms with Crippen molar-refractivity contribution in [3.8, 4) is 11.8 Å². The molecule has 0 spiro atoms. The van der Waals surface area contributed by atoms with Crippen LogP contribution in [0.1, 0.15) is 11.3 Å². The summed E-state index contributed by atoms with van der Waals surface area (Å²) in [5.41, 5.74) is 7.75. The Morgan fingerprint density at radius 3 is 3.06 bits per heavy atom. The maximum Gasteiger partial charge on any atom is 0.143 e. The molecule has 0 fully saturated rings. The fourth-order valence-corrected chi connectivity index (χ4v) is 1.69. The molecule has 0 saturated carbocycles. The summed E-state index contributed by atoms with van der Waals surface area (Å²) in [4.78, 5) is 0. The molecular weight excluding hydrogens is 222 g/mol. The van der Waals surface area contributed by atoms with Gasteiger partial charge in [-0.15, -0.1) is 0 Å². The highest BCUT2D eigenvalue weighted by molar-refractivity contribution is 6.29. The first-order chi connectivity index (χ1) is 7.77. The Morgan fingerprint density at radius 1 is 1.56 bits per heavy atom. The number of aromatic nitrogens is 2. The van der Waals surface area contributed by atoms with Crippen LogP contribution in [0.15, 0.2) is 24.8 Å². The molecule has 0 bridgehead atoms. The maximum atomic E-state index is 6.03. The minimum absolute atomic E-state index is 0.304. The van der Waals surface area contributed by atoms with Crippen LogP contribution in [0.25, 0.3) is 11.6 Å². The van der Waals surface area contributed by atoms with Gasteiger partial charge >= 0.3 is 0 Å². The lowest BCUT2D eigenvalue weighted by atomic mass is 10.2. The topological polar surface area (TPSA) is 43.3 Å². The fraction of sp³-hybridized carbons (Fsp3) is 0.0833. The molecule has 0 atom stereocenters. The van der Waals surface area contributed by atoms with E-state index in [0.717, 1.165) is 11.1 Å². The van der Waals surface area contributed by atoms with Gasteiger partial charge < -0.3 is 5.73 Å². The molecular formula is C12H10ClN3. The lowest BCUT2D eigenvalue weighted by Crippen LogP contribution is -1.93. The second kappa shape index (κ2) is 4.40. The second-order valence-corrected chi connectivity index (χ2v) is 3.51. The molecule has 0 radical (unpaired) electrons. The fourth-order valence-electron chi connectivity index (χ4n) is 1.48. The van der Waals surface area contributed by atoms with E-state index < -0.39 is 0 Å². The molecule has 0 amide bonds. The zero-order valence-electron chi connectivity index (χ0n) is 8.57. The highest BCUT2D eigenvalue weighted by Gasteiger charge is 2.09. The van der Waals surface area contributed by atoms with E-state index in [4.69, 9.17) is 17.3 Å². The van der Waals surface area contributed by atoms with Crippen molar-refractivity contribution >= 4 is 23.2 Å². The van der Waals surface area contributed by atoms with Crippen LogP contribution in [-0.4, -0.2) is 16.2 Å². The maximum absolute atomic E-state index is 6.03. The molecule has 3 nitrogen and oxygen atoms in total. The van der Waals surface area contributed by atoms with E-state index in [1.165, 1.54) is 0 Å². The zero-order valence-corrected chi connectivity index (χ0v) is 9.33. The number of hydrogen-bond donors (Lipinski definition) is 1. The second-order valence-electron chi connectivity index (χ2n) is 3.12. The first-order valence-corrected chi connectivity index (χ1v) is 5.14. The molecule has 16 heavy (non-hydrogen) atoms. The highest BCUT2D eigenvalue weighted by Crippen LogP contribution is 2.20. The van der Waals surface area contributed by atoms with E-state index in [9.17, 15) is 0 Å². The summed E-state index contributed by atoms with van der Waals surface area (Å²) < 4.78 is 1.64. The van der Waals surface area contributed by atoms with E-state index in [1.807, 2.05) is 12.1 Å². The SMILES string of the molecule is C=Cc1c(C#CCN)nn2c(Cl)cccc12. The molecule has 2 rings (SSSR count). The van der Waals surface area contributed by atoms with Crippen molar-refractivity contribution in [2.45, 2.75) is 0 Å². The Morgan fingerprint density at radius 2 is 2.38 bits per heavy atom. The zero-order chi connectivity index (χ0) is 11.5. The average Bonchev–Trinajstić information content (AvgIpc) is 2.65. The number of pyridine rings is 1. The van der Waals surface area contributed by atoms with Crippen molar-refractivity contribution in [3.63, 3.8) is 0 Å². The van der Waals surface area contributed by atoms with Gasteiger partial charge in [-0.05, 0) is 18.1 Å². The van der Waals surface area contributed by atoms with Gasteiger partial charge in [-0.25, -0.2) is 4.52 Å². The third-order valence-corrected chi connectivity index (χ3v) is 2.45. The van der Waals surface area contributed by atoms with E-state index in [2.05, 4.69) is 23.5 Å². The first-order valence-electron chi connectivity index (χ1n) is 4.76. The Bertz CT molecular complexity index is 602. The number of halogens is 1. The summed E-state index contributed by atoms with van der Waals surface area (Å²) in [6.45, 7) is 4.06.